The lowest BCUT2D eigenvalue weighted by molar-refractivity contribution is 0.236. The molecule has 28 heavy (non-hydrogen) atoms. The lowest BCUT2D eigenvalue weighted by atomic mass is 9.80. The second kappa shape index (κ2) is 9.13. The summed E-state index contributed by atoms with van der Waals surface area (Å²) >= 11 is 1.73. The van der Waals surface area contributed by atoms with Gasteiger partial charge >= 0.3 is 0 Å². The van der Waals surface area contributed by atoms with Crippen molar-refractivity contribution in [3.8, 4) is 16.9 Å². The summed E-state index contributed by atoms with van der Waals surface area (Å²) in [4.78, 5) is 2.36. The van der Waals surface area contributed by atoms with Crippen LogP contribution in [0.5, 0.6) is 5.75 Å². The van der Waals surface area contributed by atoms with E-state index in [0.717, 1.165) is 12.2 Å². The van der Waals surface area contributed by atoms with Crippen LogP contribution in [0, 0.1) is 0 Å². The molecule has 3 aromatic rings. The van der Waals surface area contributed by atoms with E-state index >= 15 is 0 Å². The monoisotopic (exact) mass is 413 g/mol. The highest BCUT2D eigenvalue weighted by molar-refractivity contribution is 7.08. The van der Waals surface area contributed by atoms with Gasteiger partial charge < -0.3 is 9.64 Å². The molecule has 0 amide bonds. The molecule has 2 aromatic carbocycles. The van der Waals surface area contributed by atoms with E-state index in [1.54, 1.807) is 11.3 Å². The van der Waals surface area contributed by atoms with Crippen molar-refractivity contribution < 1.29 is 4.74 Å². The molecule has 0 saturated heterocycles. The molecule has 1 aromatic heterocycles. The van der Waals surface area contributed by atoms with Gasteiger partial charge in [-0.05, 0) is 89.6 Å². The smallest absolute Gasteiger partial charge is 0.120 e. The second-order valence-corrected chi connectivity index (χ2v) is 8.50. The molecule has 4 rings (SSSR count). The Morgan fingerprint density at radius 3 is 2.50 bits per heavy atom. The van der Waals surface area contributed by atoms with Crippen molar-refractivity contribution in [1.29, 1.82) is 0 Å². The number of thiophene rings is 1. The minimum atomic E-state index is 0. The number of halogens is 1. The lowest BCUT2D eigenvalue weighted by Crippen LogP contribution is -2.36. The van der Waals surface area contributed by atoms with Crippen LogP contribution in [0.2, 0.25) is 0 Å². The van der Waals surface area contributed by atoms with Gasteiger partial charge in [-0.1, -0.05) is 37.3 Å². The molecule has 2 atom stereocenters. The number of benzene rings is 2. The molecular weight excluding hydrogens is 386 g/mol. The third-order valence-corrected chi connectivity index (χ3v) is 6.45. The zero-order valence-corrected chi connectivity index (χ0v) is 18.4. The molecule has 0 saturated carbocycles. The third-order valence-electron chi connectivity index (χ3n) is 5.77. The number of hydrogen-bond donors (Lipinski definition) is 0. The molecule has 4 heteroatoms. The fourth-order valence-electron chi connectivity index (χ4n) is 4.19. The Hall–Kier alpha value is -1.81. The highest BCUT2D eigenvalue weighted by atomic mass is 35.5. The highest BCUT2D eigenvalue weighted by Gasteiger charge is 2.27. The SMILES string of the molecule is CC1c2ccc(OCc3ccc(-c4ccsc4)cc3)cc2CCC1N(C)C.Cl. The fourth-order valence-corrected chi connectivity index (χ4v) is 4.85. The van der Waals surface area contributed by atoms with Crippen molar-refractivity contribution in [2.75, 3.05) is 14.1 Å². The molecule has 148 valence electrons. The van der Waals surface area contributed by atoms with Crippen LogP contribution in [0.1, 0.15) is 36.0 Å². The van der Waals surface area contributed by atoms with E-state index in [9.17, 15) is 0 Å². The van der Waals surface area contributed by atoms with Gasteiger partial charge in [0, 0.05) is 6.04 Å². The predicted molar refractivity (Wildman–Crippen MR) is 122 cm³/mol. The van der Waals surface area contributed by atoms with Crippen LogP contribution >= 0.6 is 23.7 Å². The van der Waals surface area contributed by atoms with Crippen molar-refractivity contribution in [2.24, 2.45) is 0 Å². The maximum atomic E-state index is 6.09. The van der Waals surface area contributed by atoms with Crippen LogP contribution in [0.25, 0.3) is 11.1 Å². The van der Waals surface area contributed by atoms with E-state index in [0.29, 0.717) is 18.6 Å². The van der Waals surface area contributed by atoms with E-state index in [1.165, 1.54) is 34.2 Å². The zero-order chi connectivity index (χ0) is 18.8. The summed E-state index contributed by atoms with van der Waals surface area (Å²) < 4.78 is 6.09. The van der Waals surface area contributed by atoms with E-state index in [-0.39, 0.29) is 12.4 Å². The van der Waals surface area contributed by atoms with E-state index in [2.05, 4.69) is 85.2 Å². The normalized spacial score (nSPS) is 18.4. The second-order valence-electron chi connectivity index (χ2n) is 7.72. The molecule has 1 aliphatic rings. The molecule has 0 radical (unpaired) electrons. The minimum Gasteiger partial charge on any atom is -0.489 e. The fraction of sp³-hybridized carbons (Fsp3) is 0.333. The van der Waals surface area contributed by atoms with E-state index in [1.807, 2.05) is 0 Å². The summed E-state index contributed by atoms with van der Waals surface area (Å²) in [5.41, 5.74) is 6.68. The largest absolute Gasteiger partial charge is 0.489 e. The van der Waals surface area contributed by atoms with Gasteiger partial charge in [-0.15, -0.1) is 12.4 Å². The van der Waals surface area contributed by atoms with Crippen LogP contribution < -0.4 is 4.74 Å². The van der Waals surface area contributed by atoms with Gasteiger partial charge in [0.05, 0.1) is 0 Å². The van der Waals surface area contributed by atoms with Crippen LogP contribution in [-0.4, -0.2) is 25.0 Å². The Kier molecular flexibility index (Phi) is 6.82. The van der Waals surface area contributed by atoms with Gasteiger partial charge in [0.15, 0.2) is 0 Å². The van der Waals surface area contributed by atoms with E-state index < -0.39 is 0 Å². The molecule has 0 N–H and O–H groups in total. The zero-order valence-electron chi connectivity index (χ0n) is 16.7. The summed E-state index contributed by atoms with van der Waals surface area (Å²) in [7, 11) is 4.38. The number of hydrogen-bond acceptors (Lipinski definition) is 3. The van der Waals surface area contributed by atoms with Crippen LogP contribution in [-0.2, 0) is 13.0 Å². The van der Waals surface area contributed by atoms with Crippen molar-refractivity contribution in [1.82, 2.24) is 4.90 Å². The number of rotatable bonds is 5. The Balaban J connectivity index is 0.00000225. The molecular formula is C24H28ClNOS. The first-order valence-corrected chi connectivity index (χ1v) is 10.6. The van der Waals surface area contributed by atoms with Crippen molar-refractivity contribution in [3.63, 3.8) is 0 Å². The summed E-state index contributed by atoms with van der Waals surface area (Å²) in [6.45, 7) is 2.96. The lowest BCUT2D eigenvalue weighted by Gasteiger charge is -2.35. The first kappa shape index (κ1) is 20.9. The van der Waals surface area contributed by atoms with E-state index in [4.69, 9.17) is 4.74 Å². The molecule has 0 spiro atoms. The van der Waals surface area contributed by atoms with Gasteiger partial charge in [-0.2, -0.15) is 11.3 Å². The first-order valence-electron chi connectivity index (χ1n) is 9.65. The molecule has 1 aliphatic carbocycles. The maximum absolute atomic E-state index is 6.09. The standard InChI is InChI=1S/C24H27NOS.ClH/c1-17-23-10-9-22(14-20(23)8-11-24(17)25(2)3)26-15-18-4-6-19(7-5-18)21-12-13-27-16-21;/h4-7,9-10,12-14,16-17,24H,8,11,15H2,1-3H3;1H. The summed E-state index contributed by atoms with van der Waals surface area (Å²) in [5, 5.41) is 4.30. The number of aryl methyl sites for hydroxylation is 1. The molecule has 0 bridgehead atoms. The molecule has 2 nitrogen and oxygen atoms in total. The molecule has 1 heterocycles. The van der Waals surface area contributed by atoms with Gasteiger partial charge in [-0.25, -0.2) is 0 Å². The number of fused-ring (bicyclic) bond motifs is 1. The Bertz CT molecular complexity index is 889. The molecule has 0 fully saturated rings. The van der Waals surface area contributed by atoms with Crippen molar-refractivity contribution >= 4 is 23.7 Å². The van der Waals surface area contributed by atoms with Gasteiger partial charge in [0.1, 0.15) is 12.4 Å². The number of nitrogens with zero attached hydrogens (tertiary/aromatic N) is 1. The van der Waals surface area contributed by atoms with Crippen LogP contribution in [0.4, 0.5) is 0 Å². The Morgan fingerprint density at radius 2 is 1.82 bits per heavy atom. The average molecular weight is 414 g/mol. The first-order chi connectivity index (χ1) is 13.1. The predicted octanol–water partition coefficient (Wildman–Crippen LogP) is 6.40. The third kappa shape index (κ3) is 4.43. The summed E-state index contributed by atoms with van der Waals surface area (Å²) in [6, 6.07) is 18.1. The van der Waals surface area contributed by atoms with Crippen LogP contribution in [0.3, 0.4) is 0 Å². The molecule has 2 unspecified atom stereocenters. The van der Waals surface area contributed by atoms with Gasteiger partial charge in [0.2, 0.25) is 0 Å². The maximum Gasteiger partial charge on any atom is 0.120 e. The van der Waals surface area contributed by atoms with Gasteiger partial charge in [-0.3, -0.25) is 0 Å². The Labute approximate surface area is 178 Å². The quantitative estimate of drug-likeness (QED) is 0.480. The summed E-state index contributed by atoms with van der Waals surface area (Å²) in [5.74, 6) is 1.55. The van der Waals surface area contributed by atoms with Crippen molar-refractivity contribution in [2.45, 2.75) is 38.3 Å². The number of ether oxygens (including phenoxy) is 1. The summed E-state index contributed by atoms with van der Waals surface area (Å²) in [6.07, 6.45) is 2.35. The highest BCUT2D eigenvalue weighted by Crippen LogP contribution is 2.35. The van der Waals surface area contributed by atoms with Crippen LogP contribution in [0.15, 0.2) is 59.3 Å². The topological polar surface area (TPSA) is 12.5 Å². The van der Waals surface area contributed by atoms with Gasteiger partial charge in [0.25, 0.3) is 0 Å². The Morgan fingerprint density at radius 1 is 1.04 bits per heavy atom. The van der Waals surface area contributed by atoms with Crippen molar-refractivity contribution in [3.05, 3.63) is 76.0 Å². The molecule has 0 aliphatic heterocycles. The minimum absolute atomic E-state index is 0. The number of likely N-dealkylation sites (N-methyl/N-ethyl adjacent to an activating group) is 1. The average Bonchev–Trinajstić information content (AvgIpc) is 3.21.